The van der Waals surface area contributed by atoms with Crippen LogP contribution >= 0.6 is 0 Å². The van der Waals surface area contributed by atoms with Gasteiger partial charge in [0.05, 0.1) is 11.1 Å². The first-order valence-electron chi connectivity index (χ1n) is 4.95. The summed E-state index contributed by atoms with van der Waals surface area (Å²) >= 11 is 0. The van der Waals surface area contributed by atoms with Crippen molar-refractivity contribution in [1.29, 1.82) is 0 Å². The first-order chi connectivity index (χ1) is 7.50. The van der Waals surface area contributed by atoms with Crippen molar-refractivity contribution in [1.82, 2.24) is 0 Å². The number of cyclic esters (lactones) is 2. The zero-order valence-corrected chi connectivity index (χ0v) is 8.94. The van der Waals surface area contributed by atoms with Crippen LogP contribution in [0.4, 0.5) is 0 Å². The molecule has 1 heterocycles. The molecule has 0 saturated carbocycles. The summed E-state index contributed by atoms with van der Waals surface area (Å²) in [4.78, 5) is 34.1. The first kappa shape index (κ1) is 10.5. The second kappa shape index (κ2) is 3.56. The maximum atomic E-state index is 11.7. The third-order valence-electron chi connectivity index (χ3n) is 2.45. The lowest BCUT2D eigenvalue weighted by Crippen LogP contribution is -2.08. The molecule has 0 saturated heterocycles. The van der Waals surface area contributed by atoms with Crippen LogP contribution in [0.1, 0.15) is 44.9 Å². The van der Waals surface area contributed by atoms with Gasteiger partial charge in [0.25, 0.3) is 0 Å². The number of Topliss-reactive ketones (excluding diaryl/α,β-unsaturated/α-hetero) is 1. The fourth-order valence-electron chi connectivity index (χ4n) is 1.57. The summed E-state index contributed by atoms with van der Waals surface area (Å²) in [7, 11) is 0. The quantitative estimate of drug-likeness (QED) is 0.431. The Balaban J connectivity index is 2.48. The molecule has 1 aromatic rings. The monoisotopic (exact) mass is 218 g/mol. The number of fused-ring (bicyclic) bond motifs is 1. The fraction of sp³-hybridized carbons (Fsp3) is 0.250. The van der Waals surface area contributed by atoms with E-state index < -0.39 is 11.9 Å². The number of ether oxygens (including phenoxy) is 1. The van der Waals surface area contributed by atoms with Gasteiger partial charge in [0, 0.05) is 11.5 Å². The van der Waals surface area contributed by atoms with Gasteiger partial charge in [-0.05, 0) is 12.1 Å². The Morgan fingerprint density at radius 1 is 1.12 bits per heavy atom. The van der Waals surface area contributed by atoms with Crippen molar-refractivity contribution in [2.24, 2.45) is 5.92 Å². The van der Waals surface area contributed by atoms with E-state index in [1.807, 2.05) is 0 Å². The minimum absolute atomic E-state index is 0.0602. The van der Waals surface area contributed by atoms with Crippen LogP contribution in [0.15, 0.2) is 18.2 Å². The number of carbonyl (C=O) groups is 3. The Hall–Kier alpha value is -1.97. The number of ketones is 1. The molecule has 2 rings (SSSR count). The van der Waals surface area contributed by atoms with Gasteiger partial charge >= 0.3 is 11.9 Å². The van der Waals surface area contributed by atoms with Gasteiger partial charge in [-0.15, -0.1) is 0 Å². The molecule has 0 radical (unpaired) electrons. The van der Waals surface area contributed by atoms with Gasteiger partial charge in [-0.2, -0.15) is 0 Å². The Labute approximate surface area is 92.2 Å². The zero-order chi connectivity index (χ0) is 11.9. The molecule has 0 amide bonds. The molecular formula is C12H10O4. The summed E-state index contributed by atoms with van der Waals surface area (Å²) in [5.41, 5.74) is 0.835. The number of carbonyl (C=O) groups excluding carboxylic acids is 3. The summed E-state index contributed by atoms with van der Waals surface area (Å²) in [6, 6.07) is 4.42. The Bertz CT molecular complexity index is 500. The van der Waals surface area contributed by atoms with Crippen molar-refractivity contribution in [3.05, 3.63) is 34.9 Å². The average Bonchev–Trinajstić information content (AvgIpc) is 2.53. The van der Waals surface area contributed by atoms with Gasteiger partial charge in [-0.1, -0.05) is 19.9 Å². The van der Waals surface area contributed by atoms with Gasteiger partial charge in [-0.25, -0.2) is 9.59 Å². The predicted octanol–water partition coefficient (Wildman–Crippen LogP) is 1.84. The summed E-state index contributed by atoms with van der Waals surface area (Å²) in [6.45, 7) is 3.55. The van der Waals surface area contributed by atoms with Gasteiger partial charge in [-0.3, -0.25) is 4.79 Å². The molecule has 0 bridgehead atoms. The van der Waals surface area contributed by atoms with Crippen LogP contribution in [0.25, 0.3) is 0 Å². The lowest BCUT2D eigenvalue weighted by Gasteiger charge is -2.04. The summed E-state index contributed by atoms with van der Waals surface area (Å²) in [5.74, 6) is -1.54. The highest BCUT2D eigenvalue weighted by atomic mass is 16.6. The van der Waals surface area contributed by atoms with E-state index in [1.165, 1.54) is 12.1 Å². The average molecular weight is 218 g/mol. The number of hydrogen-bond acceptors (Lipinski definition) is 4. The second-order valence-electron chi connectivity index (χ2n) is 3.96. The van der Waals surface area contributed by atoms with Crippen molar-refractivity contribution in [2.75, 3.05) is 0 Å². The molecule has 0 fully saturated rings. The standard InChI is InChI=1S/C12H10O4/c1-6(2)10(13)7-3-4-8-9(5-7)12(15)16-11(8)14/h3-6H,1-2H3. The minimum atomic E-state index is -0.682. The normalized spacial score (nSPS) is 13.9. The molecule has 16 heavy (non-hydrogen) atoms. The molecule has 1 aliphatic heterocycles. The smallest absolute Gasteiger partial charge is 0.346 e. The molecule has 0 spiro atoms. The minimum Gasteiger partial charge on any atom is -0.386 e. The highest BCUT2D eigenvalue weighted by molar-refractivity contribution is 6.15. The first-order valence-corrected chi connectivity index (χ1v) is 4.95. The van der Waals surface area contributed by atoms with Gasteiger partial charge in [0.15, 0.2) is 5.78 Å². The number of benzene rings is 1. The van der Waals surface area contributed by atoms with E-state index in [-0.39, 0.29) is 22.8 Å². The molecular weight excluding hydrogens is 208 g/mol. The number of hydrogen-bond donors (Lipinski definition) is 0. The maximum absolute atomic E-state index is 11.7. The molecule has 0 aliphatic carbocycles. The molecule has 1 aliphatic rings. The molecule has 4 nitrogen and oxygen atoms in total. The summed E-state index contributed by atoms with van der Waals surface area (Å²) in [6.07, 6.45) is 0. The van der Waals surface area contributed by atoms with Crippen LogP contribution in [0, 0.1) is 5.92 Å². The lowest BCUT2D eigenvalue weighted by molar-refractivity contribution is 0.0443. The van der Waals surface area contributed by atoms with E-state index in [0.717, 1.165) is 0 Å². The molecule has 4 heteroatoms. The van der Waals surface area contributed by atoms with E-state index in [1.54, 1.807) is 19.9 Å². The van der Waals surface area contributed by atoms with Crippen molar-refractivity contribution in [3.8, 4) is 0 Å². The lowest BCUT2D eigenvalue weighted by atomic mass is 9.97. The van der Waals surface area contributed by atoms with Crippen LogP contribution in [-0.2, 0) is 4.74 Å². The van der Waals surface area contributed by atoms with Crippen LogP contribution in [-0.4, -0.2) is 17.7 Å². The van der Waals surface area contributed by atoms with Crippen LogP contribution < -0.4 is 0 Å². The summed E-state index contributed by atoms with van der Waals surface area (Å²) < 4.78 is 4.44. The number of rotatable bonds is 2. The maximum Gasteiger partial charge on any atom is 0.346 e. The highest BCUT2D eigenvalue weighted by Crippen LogP contribution is 2.22. The van der Waals surface area contributed by atoms with Crippen molar-refractivity contribution in [3.63, 3.8) is 0 Å². The van der Waals surface area contributed by atoms with E-state index in [9.17, 15) is 14.4 Å². The predicted molar refractivity (Wildman–Crippen MR) is 55.4 cm³/mol. The SMILES string of the molecule is CC(C)C(=O)c1ccc2c(c1)C(=O)OC2=O. The highest BCUT2D eigenvalue weighted by Gasteiger charge is 2.30. The van der Waals surface area contributed by atoms with Crippen LogP contribution in [0.5, 0.6) is 0 Å². The topological polar surface area (TPSA) is 60.4 Å². The van der Waals surface area contributed by atoms with E-state index >= 15 is 0 Å². The van der Waals surface area contributed by atoms with Crippen LogP contribution in [0.3, 0.4) is 0 Å². The molecule has 0 N–H and O–H groups in total. The van der Waals surface area contributed by atoms with Crippen molar-refractivity contribution in [2.45, 2.75) is 13.8 Å². The second-order valence-corrected chi connectivity index (χ2v) is 3.96. The van der Waals surface area contributed by atoms with Gasteiger partial charge in [0.2, 0.25) is 0 Å². The zero-order valence-electron chi connectivity index (χ0n) is 8.94. The Morgan fingerprint density at radius 2 is 1.75 bits per heavy atom. The molecule has 0 unspecified atom stereocenters. The molecule has 82 valence electrons. The van der Waals surface area contributed by atoms with Gasteiger partial charge < -0.3 is 4.74 Å². The molecule has 0 aromatic heterocycles. The largest absolute Gasteiger partial charge is 0.386 e. The van der Waals surface area contributed by atoms with E-state index in [0.29, 0.717) is 5.56 Å². The van der Waals surface area contributed by atoms with Crippen molar-refractivity contribution < 1.29 is 19.1 Å². The molecule has 1 aromatic carbocycles. The van der Waals surface area contributed by atoms with Crippen LogP contribution in [0.2, 0.25) is 0 Å². The Morgan fingerprint density at radius 3 is 2.38 bits per heavy atom. The van der Waals surface area contributed by atoms with E-state index in [2.05, 4.69) is 4.74 Å². The van der Waals surface area contributed by atoms with Gasteiger partial charge in [0.1, 0.15) is 0 Å². The molecule has 0 atom stereocenters. The van der Waals surface area contributed by atoms with Crippen molar-refractivity contribution >= 4 is 17.7 Å². The third-order valence-corrected chi connectivity index (χ3v) is 2.45. The Kier molecular flexibility index (Phi) is 2.34. The number of esters is 2. The van der Waals surface area contributed by atoms with E-state index in [4.69, 9.17) is 0 Å². The summed E-state index contributed by atoms with van der Waals surface area (Å²) in [5, 5.41) is 0. The third kappa shape index (κ3) is 1.52. The fourth-order valence-corrected chi connectivity index (χ4v) is 1.57.